The number of anilines is 1. The Balaban J connectivity index is 1.36. The molecule has 47 heavy (non-hydrogen) atoms. The fourth-order valence-electron chi connectivity index (χ4n) is 5.28. The first-order chi connectivity index (χ1) is 22.5. The Hall–Kier alpha value is -3.59. The number of fused-ring (bicyclic) bond motifs is 1. The van der Waals surface area contributed by atoms with Crippen molar-refractivity contribution in [3.63, 3.8) is 0 Å². The first-order valence-corrected chi connectivity index (χ1v) is 16.5. The maximum Gasteiger partial charge on any atom is 0.410 e. The van der Waals surface area contributed by atoms with E-state index in [1.165, 1.54) is 4.90 Å². The van der Waals surface area contributed by atoms with Crippen molar-refractivity contribution >= 4 is 35.4 Å². The van der Waals surface area contributed by atoms with Gasteiger partial charge in [0.1, 0.15) is 11.6 Å². The Morgan fingerprint density at radius 2 is 1.64 bits per heavy atom. The quantitative estimate of drug-likeness (QED) is 0.139. The average Bonchev–Trinajstić information content (AvgIpc) is 3.34. The molecule has 1 atom stereocenters. The Kier molecular flexibility index (Phi) is 15.5. The Bertz CT molecular complexity index is 1220. The number of nitrogens with zero attached hydrogens (tertiary/aromatic N) is 2. The van der Waals surface area contributed by atoms with E-state index in [0.717, 1.165) is 19.3 Å². The second kappa shape index (κ2) is 19.3. The lowest BCUT2D eigenvalue weighted by atomic mass is 10.0. The largest absolute Gasteiger partial charge is 0.444 e. The average molecular weight is 662 g/mol. The van der Waals surface area contributed by atoms with Crippen LogP contribution in [0.25, 0.3) is 0 Å². The standard InChI is InChI=1S/C33H51N5O9/c1-33(2,3)47-32(43)37(16-18-45-20-22-46-21-19-44-17-14-34)15-7-5-4-6-11-28(39)35-26-10-8-9-24-25(26)23-38(31(24)42)27-12-13-29(40)36-30(27)41/h8-10,27H,4-7,11-23,34H2,1-3H3,(H,35,39)(H,36,40,41). The van der Waals surface area contributed by atoms with Gasteiger partial charge >= 0.3 is 6.09 Å². The molecule has 262 valence electrons. The molecule has 3 rings (SSSR count). The van der Waals surface area contributed by atoms with Crippen molar-refractivity contribution in [3.05, 3.63) is 29.3 Å². The van der Waals surface area contributed by atoms with Gasteiger partial charge in [-0.3, -0.25) is 24.5 Å². The molecule has 0 spiro atoms. The molecule has 1 aromatic carbocycles. The Morgan fingerprint density at radius 1 is 0.957 bits per heavy atom. The van der Waals surface area contributed by atoms with Gasteiger partial charge in [0.05, 0.1) is 39.6 Å². The molecule has 2 aliphatic rings. The highest BCUT2D eigenvalue weighted by atomic mass is 16.6. The number of amides is 5. The van der Waals surface area contributed by atoms with E-state index < -0.39 is 17.6 Å². The molecule has 1 saturated heterocycles. The second-order valence-electron chi connectivity index (χ2n) is 12.5. The molecule has 1 unspecified atom stereocenters. The van der Waals surface area contributed by atoms with E-state index in [4.69, 9.17) is 24.7 Å². The maximum absolute atomic E-state index is 13.0. The normalized spacial score (nSPS) is 16.2. The monoisotopic (exact) mass is 661 g/mol. The third-order valence-electron chi connectivity index (χ3n) is 7.60. The van der Waals surface area contributed by atoms with Crippen LogP contribution < -0.4 is 16.4 Å². The minimum Gasteiger partial charge on any atom is -0.444 e. The van der Waals surface area contributed by atoms with Crippen molar-refractivity contribution in [2.45, 2.75) is 83.9 Å². The Labute approximate surface area is 276 Å². The van der Waals surface area contributed by atoms with Crippen LogP contribution >= 0.6 is 0 Å². The van der Waals surface area contributed by atoms with Crippen molar-refractivity contribution in [3.8, 4) is 0 Å². The zero-order chi connectivity index (χ0) is 34.2. The summed E-state index contributed by atoms with van der Waals surface area (Å²) >= 11 is 0. The molecule has 0 aromatic heterocycles. The predicted molar refractivity (Wildman–Crippen MR) is 174 cm³/mol. The van der Waals surface area contributed by atoms with Crippen LogP contribution in [0.1, 0.15) is 81.6 Å². The molecule has 0 aliphatic carbocycles. The van der Waals surface area contributed by atoms with Crippen molar-refractivity contribution in [1.82, 2.24) is 15.1 Å². The summed E-state index contributed by atoms with van der Waals surface area (Å²) in [6, 6.07) is 4.42. The number of ether oxygens (including phenoxy) is 4. The summed E-state index contributed by atoms with van der Waals surface area (Å²) in [4.78, 5) is 65.6. The number of carbonyl (C=O) groups is 5. The number of rotatable bonds is 20. The molecule has 14 nitrogen and oxygen atoms in total. The van der Waals surface area contributed by atoms with Gasteiger partial charge in [-0.05, 0) is 52.2 Å². The number of unbranched alkanes of at least 4 members (excludes halogenated alkanes) is 3. The third kappa shape index (κ3) is 12.9. The minimum absolute atomic E-state index is 0.162. The van der Waals surface area contributed by atoms with Gasteiger partial charge in [-0.15, -0.1) is 0 Å². The SMILES string of the molecule is CC(C)(C)OC(=O)N(CCCCCCC(=O)Nc1cccc2c1CN(C1CCC(=O)NC1=O)C2=O)CCOCCOCCOCCN. The Morgan fingerprint density at radius 3 is 2.32 bits per heavy atom. The van der Waals surface area contributed by atoms with Gasteiger partial charge in [0, 0.05) is 55.8 Å². The zero-order valence-corrected chi connectivity index (χ0v) is 28.0. The first-order valence-electron chi connectivity index (χ1n) is 16.5. The number of imide groups is 1. The molecular formula is C33H51N5O9. The van der Waals surface area contributed by atoms with E-state index in [1.54, 1.807) is 23.1 Å². The van der Waals surface area contributed by atoms with E-state index in [-0.39, 0.29) is 43.2 Å². The highest BCUT2D eigenvalue weighted by Crippen LogP contribution is 2.32. The highest BCUT2D eigenvalue weighted by Gasteiger charge is 2.40. The lowest BCUT2D eigenvalue weighted by molar-refractivity contribution is -0.137. The number of piperidine rings is 1. The summed E-state index contributed by atoms with van der Waals surface area (Å²) < 4.78 is 21.9. The molecule has 5 amide bonds. The number of hydrogen-bond acceptors (Lipinski definition) is 10. The highest BCUT2D eigenvalue weighted by molar-refractivity contribution is 6.06. The van der Waals surface area contributed by atoms with Gasteiger partial charge in [0.15, 0.2) is 0 Å². The van der Waals surface area contributed by atoms with E-state index in [1.807, 2.05) is 20.8 Å². The summed E-state index contributed by atoms with van der Waals surface area (Å²) in [5.41, 5.74) is 6.43. The van der Waals surface area contributed by atoms with E-state index >= 15 is 0 Å². The summed E-state index contributed by atoms with van der Waals surface area (Å²) in [5.74, 6) is -1.26. The summed E-state index contributed by atoms with van der Waals surface area (Å²) in [5, 5.41) is 5.23. The minimum atomic E-state index is -0.716. The smallest absolute Gasteiger partial charge is 0.410 e. The van der Waals surface area contributed by atoms with Crippen LogP contribution in [0.3, 0.4) is 0 Å². The molecule has 1 aromatic rings. The van der Waals surface area contributed by atoms with Crippen LogP contribution in [0, 0.1) is 0 Å². The van der Waals surface area contributed by atoms with Gasteiger partial charge in [-0.1, -0.05) is 18.9 Å². The summed E-state index contributed by atoms with van der Waals surface area (Å²) in [7, 11) is 0. The molecular weight excluding hydrogens is 610 g/mol. The molecule has 2 heterocycles. The molecule has 2 aliphatic heterocycles. The lowest BCUT2D eigenvalue weighted by Gasteiger charge is -2.29. The molecule has 0 radical (unpaired) electrons. The van der Waals surface area contributed by atoms with Crippen LogP contribution in [0.15, 0.2) is 18.2 Å². The van der Waals surface area contributed by atoms with Gasteiger partial charge < -0.3 is 39.8 Å². The zero-order valence-electron chi connectivity index (χ0n) is 28.0. The van der Waals surface area contributed by atoms with Gasteiger partial charge in [0.25, 0.3) is 5.91 Å². The van der Waals surface area contributed by atoms with E-state index in [2.05, 4.69) is 10.6 Å². The number of nitrogens with one attached hydrogen (secondary N) is 2. The lowest BCUT2D eigenvalue weighted by Crippen LogP contribution is -2.52. The summed E-state index contributed by atoms with van der Waals surface area (Å²) in [6.45, 7) is 9.70. The number of benzene rings is 1. The van der Waals surface area contributed by atoms with Gasteiger partial charge in [0.2, 0.25) is 17.7 Å². The van der Waals surface area contributed by atoms with Crippen LogP contribution in [-0.4, -0.2) is 110 Å². The van der Waals surface area contributed by atoms with Gasteiger partial charge in [-0.25, -0.2) is 4.79 Å². The fraction of sp³-hybridized carbons (Fsp3) is 0.667. The number of carbonyl (C=O) groups excluding carboxylic acids is 5. The second-order valence-corrected chi connectivity index (χ2v) is 12.5. The van der Waals surface area contributed by atoms with Gasteiger partial charge in [-0.2, -0.15) is 0 Å². The van der Waals surface area contributed by atoms with Crippen molar-refractivity contribution < 1.29 is 42.9 Å². The number of hydrogen-bond donors (Lipinski definition) is 3. The van der Waals surface area contributed by atoms with E-state index in [0.29, 0.717) is 88.9 Å². The third-order valence-corrected chi connectivity index (χ3v) is 7.60. The molecule has 14 heteroatoms. The summed E-state index contributed by atoms with van der Waals surface area (Å²) in [6.07, 6.45) is 3.40. The van der Waals surface area contributed by atoms with Crippen LogP contribution in [0.4, 0.5) is 10.5 Å². The molecule has 0 bridgehead atoms. The molecule has 4 N–H and O–H groups in total. The molecule has 1 fully saturated rings. The molecule has 0 saturated carbocycles. The topological polar surface area (TPSA) is 179 Å². The van der Waals surface area contributed by atoms with Crippen LogP contribution in [0.5, 0.6) is 0 Å². The first kappa shape index (κ1) is 37.9. The van der Waals surface area contributed by atoms with Crippen LogP contribution in [-0.2, 0) is 39.9 Å². The number of nitrogens with two attached hydrogens (primary N) is 1. The fourth-order valence-corrected chi connectivity index (χ4v) is 5.28. The van der Waals surface area contributed by atoms with Crippen LogP contribution in [0.2, 0.25) is 0 Å². The predicted octanol–water partition coefficient (Wildman–Crippen LogP) is 2.58. The van der Waals surface area contributed by atoms with Crippen molar-refractivity contribution in [2.24, 2.45) is 5.73 Å². The van der Waals surface area contributed by atoms with Crippen molar-refractivity contribution in [1.29, 1.82) is 0 Å². The van der Waals surface area contributed by atoms with E-state index in [9.17, 15) is 24.0 Å². The maximum atomic E-state index is 13.0. The van der Waals surface area contributed by atoms with Crippen molar-refractivity contribution in [2.75, 3.05) is 64.6 Å².